The number of aromatic nitrogens is 2. The number of benzene rings is 2. The first-order valence-electron chi connectivity index (χ1n) is 9.79. The summed E-state index contributed by atoms with van der Waals surface area (Å²) in [5.74, 6) is -0.251. The van der Waals surface area contributed by atoms with Gasteiger partial charge in [-0.15, -0.1) is 0 Å². The summed E-state index contributed by atoms with van der Waals surface area (Å²) < 4.78 is 18.7. The van der Waals surface area contributed by atoms with Gasteiger partial charge in [0.05, 0.1) is 0 Å². The smallest absolute Gasteiger partial charge is 0.246 e. The lowest BCUT2D eigenvalue weighted by molar-refractivity contribution is -0.131. The first-order chi connectivity index (χ1) is 14.4. The predicted molar refractivity (Wildman–Crippen MR) is 116 cm³/mol. The third-order valence-corrected chi connectivity index (χ3v) is 6.06. The highest BCUT2D eigenvalue weighted by Gasteiger charge is 2.31. The molecule has 0 saturated carbocycles. The van der Waals surface area contributed by atoms with Crippen LogP contribution in [0.1, 0.15) is 25.0 Å². The average molecular weight is 473 g/mol. The number of nitrogens with zero attached hydrogens (tertiary/aromatic N) is 4. The molecule has 2 atom stereocenters. The van der Waals surface area contributed by atoms with E-state index < -0.39 is 0 Å². The molecular formula is C22H22BrFN4O2. The van der Waals surface area contributed by atoms with Crippen molar-refractivity contribution in [2.45, 2.75) is 32.5 Å². The molecule has 6 nitrogen and oxygen atoms in total. The van der Waals surface area contributed by atoms with Gasteiger partial charge in [0.25, 0.3) is 0 Å². The van der Waals surface area contributed by atoms with Gasteiger partial charge in [0.2, 0.25) is 5.91 Å². The maximum absolute atomic E-state index is 13.1. The van der Waals surface area contributed by atoms with E-state index in [4.69, 9.17) is 4.63 Å². The van der Waals surface area contributed by atoms with Crippen LogP contribution in [-0.2, 0) is 11.3 Å². The molecule has 8 heteroatoms. The normalized spacial score (nSPS) is 20.3. The van der Waals surface area contributed by atoms with Gasteiger partial charge in [-0.25, -0.2) is 9.02 Å². The summed E-state index contributed by atoms with van der Waals surface area (Å²) in [6.45, 7) is 6.31. The van der Waals surface area contributed by atoms with Crippen molar-refractivity contribution in [1.82, 2.24) is 20.1 Å². The molecule has 30 heavy (non-hydrogen) atoms. The van der Waals surface area contributed by atoms with E-state index in [1.54, 1.807) is 12.2 Å². The summed E-state index contributed by atoms with van der Waals surface area (Å²) in [6, 6.07) is 10.6. The Bertz CT molecular complexity index is 1080. The van der Waals surface area contributed by atoms with Gasteiger partial charge in [-0.05, 0) is 81.6 Å². The van der Waals surface area contributed by atoms with Crippen LogP contribution in [0.5, 0.6) is 0 Å². The second kappa shape index (κ2) is 8.65. The van der Waals surface area contributed by atoms with Gasteiger partial charge >= 0.3 is 0 Å². The van der Waals surface area contributed by atoms with Crippen LogP contribution in [0.3, 0.4) is 0 Å². The number of halogens is 2. The number of hydrogen-bond donors (Lipinski definition) is 0. The minimum Gasteiger partial charge on any atom is -0.334 e. The fraction of sp³-hybridized carbons (Fsp3) is 0.318. The lowest BCUT2D eigenvalue weighted by Crippen LogP contribution is -2.57. The summed E-state index contributed by atoms with van der Waals surface area (Å²) in [5.41, 5.74) is 3.19. The summed E-state index contributed by atoms with van der Waals surface area (Å²) in [6.07, 6.45) is 3.38. The lowest BCUT2D eigenvalue weighted by Gasteiger charge is -2.44. The van der Waals surface area contributed by atoms with E-state index in [0.29, 0.717) is 17.6 Å². The van der Waals surface area contributed by atoms with Gasteiger partial charge in [-0.3, -0.25) is 9.69 Å². The molecule has 0 unspecified atom stereocenters. The van der Waals surface area contributed by atoms with Crippen LogP contribution in [0.25, 0.3) is 17.1 Å². The zero-order valence-electron chi connectivity index (χ0n) is 16.8. The molecular weight excluding hydrogens is 451 g/mol. The predicted octanol–water partition coefficient (Wildman–Crippen LogP) is 4.26. The molecule has 4 rings (SSSR count). The van der Waals surface area contributed by atoms with E-state index in [0.717, 1.165) is 28.7 Å². The largest absolute Gasteiger partial charge is 0.334 e. The maximum Gasteiger partial charge on any atom is 0.246 e. The molecule has 0 aliphatic carbocycles. The molecule has 156 valence electrons. The molecule has 1 fully saturated rings. The molecule has 0 bridgehead atoms. The molecule has 0 radical (unpaired) electrons. The third kappa shape index (κ3) is 4.44. The molecule has 2 aromatic carbocycles. The topological polar surface area (TPSA) is 62.5 Å². The van der Waals surface area contributed by atoms with Crippen LogP contribution < -0.4 is 0 Å². The number of carbonyl (C=O) groups is 1. The van der Waals surface area contributed by atoms with Crippen LogP contribution in [0.15, 0.2) is 51.6 Å². The van der Waals surface area contributed by atoms with Crippen molar-refractivity contribution in [3.05, 3.63) is 63.9 Å². The Morgan fingerprint density at radius 2 is 1.97 bits per heavy atom. The van der Waals surface area contributed by atoms with Crippen molar-refractivity contribution < 1.29 is 13.8 Å². The number of amides is 1. The van der Waals surface area contributed by atoms with Crippen LogP contribution in [0.4, 0.5) is 4.39 Å². The third-order valence-electron chi connectivity index (χ3n) is 5.45. The summed E-state index contributed by atoms with van der Waals surface area (Å²) in [4.78, 5) is 17.1. The van der Waals surface area contributed by atoms with E-state index in [2.05, 4.69) is 45.0 Å². The van der Waals surface area contributed by atoms with Gasteiger partial charge in [-0.2, -0.15) is 0 Å². The maximum atomic E-state index is 13.1. The van der Waals surface area contributed by atoms with Crippen molar-refractivity contribution >= 4 is 38.9 Å². The van der Waals surface area contributed by atoms with Gasteiger partial charge < -0.3 is 4.90 Å². The molecule has 2 heterocycles. The van der Waals surface area contributed by atoms with Gasteiger partial charge in [0.1, 0.15) is 16.9 Å². The Morgan fingerprint density at radius 3 is 2.73 bits per heavy atom. The molecule has 1 amide bonds. The number of carbonyl (C=O) groups excluding carboxylic acids is 1. The minimum atomic E-state index is -0.228. The zero-order valence-corrected chi connectivity index (χ0v) is 18.3. The molecule has 3 aromatic rings. The monoisotopic (exact) mass is 472 g/mol. The first kappa shape index (κ1) is 20.7. The van der Waals surface area contributed by atoms with E-state index in [1.807, 2.05) is 29.2 Å². The van der Waals surface area contributed by atoms with Crippen molar-refractivity contribution in [1.29, 1.82) is 0 Å². The highest BCUT2D eigenvalue weighted by Crippen LogP contribution is 2.24. The van der Waals surface area contributed by atoms with Crippen molar-refractivity contribution in [3.8, 4) is 0 Å². The molecule has 1 aliphatic heterocycles. The number of piperazine rings is 1. The standard InChI is InChI=1S/C22H22BrFN4O2/c1-14-12-28(15(2)11-27(14)13-16-3-6-18(24)7-4-16)21(29)8-5-17-9-19(23)22-20(10-17)25-30-26-22/h3-10,14-15H,11-13H2,1-2H3/b8-5+/t14-,15+/m1/s1. The van der Waals surface area contributed by atoms with Gasteiger partial charge in [-0.1, -0.05) is 12.1 Å². The Labute approximate surface area is 182 Å². The minimum absolute atomic E-state index is 0.0229. The second-order valence-corrected chi connectivity index (χ2v) is 8.57. The van der Waals surface area contributed by atoms with Crippen molar-refractivity contribution in [2.24, 2.45) is 0 Å². The molecule has 1 saturated heterocycles. The molecule has 1 aliphatic rings. The van der Waals surface area contributed by atoms with E-state index >= 15 is 0 Å². The quantitative estimate of drug-likeness (QED) is 0.530. The number of hydrogen-bond acceptors (Lipinski definition) is 5. The summed E-state index contributed by atoms with van der Waals surface area (Å²) in [7, 11) is 0. The fourth-order valence-corrected chi connectivity index (χ4v) is 4.32. The fourth-order valence-electron chi connectivity index (χ4n) is 3.78. The Balaban J connectivity index is 1.42. The Hall–Kier alpha value is -2.58. The summed E-state index contributed by atoms with van der Waals surface area (Å²) in [5, 5.41) is 7.69. The highest BCUT2D eigenvalue weighted by atomic mass is 79.9. The van der Waals surface area contributed by atoms with E-state index in [9.17, 15) is 9.18 Å². The van der Waals surface area contributed by atoms with Crippen molar-refractivity contribution in [3.63, 3.8) is 0 Å². The van der Waals surface area contributed by atoms with Crippen molar-refractivity contribution in [2.75, 3.05) is 13.1 Å². The van der Waals surface area contributed by atoms with Crippen LogP contribution >= 0.6 is 15.9 Å². The highest BCUT2D eigenvalue weighted by molar-refractivity contribution is 9.10. The molecule has 1 aromatic heterocycles. The zero-order chi connectivity index (χ0) is 21.3. The molecule has 0 N–H and O–H groups in total. The van der Waals surface area contributed by atoms with Gasteiger partial charge in [0, 0.05) is 42.3 Å². The summed E-state index contributed by atoms with van der Waals surface area (Å²) >= 11 is 3.45. The number of rotatable bonds is 4. The molecule has 0 spiro atoms. The lowest BCUT2D eigenvalue weighted by atomic mass is 10.1. The van der Waals surface area contributed by atoms with Crippen LogP contribution in [-0.4, -0.2) is 51.2 Å². The average Bonchev–Trinajstić information content (AvgIpc) is 3.19. The van der Waals surface area contributed by atoms with Gasteiger partial charge in [0.15, 0.2) is 0 Å². The first-order valence-corrected chi connectivity index (χ1v) is 10.6. The second-order valence-electron chi connectivity index (χ2n) is 7.71. The van der Waals surface area contributed by atoms with E-state index in [-0.39, 0.29) is 23.8 Å². The van der Waals surface area contributed by atoms with Crippen LogP contribution in [0, 0.1) is 5.82 Å². The Morgan fingerprint density at radius 1 is 1.20 bits per heavy atom. The SMILES string of the molecule is C[C@@H]1CN(C(=O)/C=C/c2cc(Br)c3nonc3c2)[C@@H](C)CN1Cc1ccc(F)cc1. The van der Waals surface area contributed by atoms with Crippen LogP contribution in [0.2, 0.25) is 0 Å². The number of fused-ring (bicyclic) bond motifs is 1. The Kier molecular flexibility index (Phi) is 5.97. The van der Waals surface area contributed by atoms with E-state index in [1.165, 1.54) is 12.1 Å².